The van der Waals surface area contributed by atoms with E-state index < -0.39 is 17.7 Å². The second-order valence-electron chi connectivity index (χ2n) is 6.83. The number of hydrazone groups is 1. The van der Waals surface area contributed by atoms with Crippen LogP contribution in [-0.4, -0.2) is 30.5 Å². The molecule has 3 rings (SSSR count). The Hall–Kier alpha value is -4.24. The lowest BCUT2D eigenvalue weighted by Crippen LogP contribution is -2.33. The van der Waals surface area contributed by atoms with Crippen molar-refractivity contribution in [3.8, 4) is 5.75 Å². The fourth-order valence-electron chi connectivity index (χ4n) is 2.76. The van der Waals surface area contributed by atoms with Crippen molar-refractivity contribution in [3.05, 3.63) is 101 Å². The fraction of sp³-hybridized carbons (Fsp3) is 0.0400. The van der Waals surface area contributed by atoms with E-state index in [9.17, 15) is 14.4 Å². The number of carbonyl (C=O) groups excluding carboxylic acids is 3. The molecular weight excluding hydrogens is 500 g/mol. The van der Waals surface area contributed by atoms with Crippen LogP contribution in [-0.2, 0) is 9.59 Å². The Morgan fingerprint density at radius 3 is 2.47 bits per heavy atom. The Morgan fingerprint density at radius 2 is 1.71 bits per heavy atom. The predicted molar refractivity (Wildman–Crippen MR) is 135 cm³/mol. The van der Waals surface area contributed by atoms with Gasteiger partial charge in [0.1, 0.15) is 12.4 Å². The summed E-state index contributed by atoms with van der Waals surface area (Å²) in [6, 6.07) is 20.4. The lowest BCUT2D eigenvalue weighted by molar-refractivity contribution is -0.136. The summed E-state index contributed by atoms with van der Waals surface area (Å²) in [5, 5.41) is 8.99. The number of benzene rings is 3. The van der Waals surface area contributed by atoms with Crippen LogP contribution in [0.2, 0.25) is 0 Å². The summed E-state index contributed by atoms with van der Waals surface area (Å²) in [5.74, 6) is -1.77. The number of para-hydroxylation sites is 1. The molecule has 0 saturated heterocycles. The van der Waals surface area contributed by atoms with Gasteiger partial charge in [-0.1, -0.05) is 52.9 Å². The van der Waals surface area contributed by atoms with Gasteiger partial charge in [-0.15, -0.1) is 0 Å². The average Bonchev–Trinajstić information content (AvgIpc) is 2.84. The molecule has 0 aliphatic rings. The first-order valence-electron chi connectivity index (χ1n) is 10.1. The molecule has 0 unspecified atom stereocenters. The van der Waals surface area contributed by atoms with Gasteiger partial charge in [0, 0.05) is 10.2 Å². The SMILES string of the molecule is C=CCOc1cccc(C=NNC(=O)C(=O)Nc2ccccc2C(=O)Nc2ccc(Br)cc2)c1. The zero-order valence-corrected chi connectivity index (χ0v) is 19.5. The van der Waals surface area contributed by atoms with Crippen LogP contribution in [0.15, 0.2) is 95.0 Å². The third-order valence-electron chi connectivity index (χ3n) is 4.33. The second kappa shape index (κ2) is 12.1. The smallest absolute Gasteiger partial charge is 0.329 e. The zero-order valence-electron chi connectivity index (χ0n) is 18.0. The van der Waals surface area contributed by atoms with Gasteiger partial charge >= 0.3 is 11.8 Å². The van der Waals surface area contributed by atoms with Crippen LogP contribution >= 0.6 is 15.9 Å². The minimum absolute atomic E-state index is 0.188. The summed E-state index contributed by atoms with van der Waals surface area (Å²) in [7, 11) is 0. The molecule has 3 amide bonds. The maximum Gasteiger partial charge on any atom is 0.329 e. The fourth-order valence-corrected chi connectivity index (χ4v) is 3.02. The monoisotopic (exact) mass is 520 g/mol. The van der Waals surface area contributed by atoms with E-state index in [1.54, 1.807) is 72.8 Å². The molecule has 0 aliphatic carbocycles. The first-order chi connectivity index (χ1) is 16.5. The Balaban J connectivity index is 1.60. The van der Waals surface area contributed by atoms with E-state index in [-0.39, 0.29) is 11.3 Å². The molecular formula is C25H21BrN4O4. The summed E-state index contributed by atoms with van der Waals surface area (Å²) in [5.41, 5.74) is 3.80. The number of halogens is 1. The van der Waals surface area contributed by atoms with E-state index in [1.165, 1.54) is 12.3 Å². The van der Waals surface area contributed by atoms with Crippen LogP contribution in [0.5, 0.6) is 5.75 Å². The first kappa shape index (κ1) is 24.4. The molecule has 0 atom stereocenters. The molecule has 0 fully saturated rings. The van der Waals surface area contributed by atoms with Crippen molar-refractivity contribution in [1.82, 2.24) is 5.43 Å². The lowest BCUT2D eigenvalue weighted by Gasteiger charge is -2.11. The lowest BCUT2D eigenvalue weighted by atomic mass is 10.1. The van der Waals surface area contributed by atoms with Crippen LogP contribution < -0.4 is 20.8 Å². The van der Waals surface area contributed by atoms with E-state index in [1.807, 2.05) is 0 Å². The predicted octanol–water partition coefficient (Wildman–Crippen LogP) is 4.36. The number of ether oxygens (including phenoxy) is 1. The Morgan fingerprint density at radius 1 is 0.941 bits per heavy atom. The highest BCUT2D eigenvalue weighted by Crippen LogP contribution is 2.19. The highest BCUT2D eigenvalue weighted by atomic mass is 79.9. The normalized spacial score (nSPS) is 10.4. The number of hydrogen-bond donors (Lipinski definition) is 3. The van der Waals surface area contributed by atoms with Crippen LogP contribution in [0.4, 0.5) is 11.4 Å². The number of anilines is 2. The van der Waals surface area contributed by atoms with Gasteiger partial charge in [0.25, 0.3) is 5.91 Å². The molecule has 3 aromatic carbocycles. The van der Waals surface area contributed by atoms with E-state index >= 15 is 0 Å². The van der Waals surface area contributed by atoms with Gasteiger partial charge in [0.2, 0.25) is 0 Å². The molecule has 0 bridgehead atoms. The standard InChI is InChI=1S/C25H21BrN4O4/c1-2-14-34-20-7-5-6-17(15-20)16-27-30-25(33)24(32)29-22-9-4-3-8-21(22)23(31)28-19-12-10-18(26)11-13-19/h2-13,15-16H,1,14H2,(H,28,31)(H,29,32)(H,30,33). The molecule has 3 N–H and O–H groups in total. The number of amides is 3. The van der Waals surface area contributed by atoms with Crippen LogP contribution in [0.3, 0.4) is 0 Å². The van der Waals surface area contributed by atoms with Gasteiger partial charge in [0.05, 0.1) is 17.5 Å². The number of nitrogens with zero attached hydrogens (tertiary/aromatic N) is 1. The van der Waals surface area contributed by atoms with Crippen LogP contribution in [0.25, 0.3) is 0 Å². The van der Waals surface area contributed by atoms with Gasteiger partial charge < -0.3 is 15.4 Å². The molecule has 34 heavy (non-hydrogen) atoms. The van der Waals surface area contributed by atoms with Crippen LogP contribution in [0.1, 0.15) is 15.9 Å². The summed E-state index contributed by atoms with van der Waals surface area (Å²) in [6.45, 7) is 3.95. The highest BCUT2D eigenvalue weighted by molar-refractivity contribution is 9.10. The summed E-state index contributed by atoms with van der Waals surface area (Å²) >= 11 is 3.34. The molecule has 0 radical (unpaired) electrons. The quantitative estimate of drug-likeness (QED) is 0.177. The Labute approximate surface area is 204 Å². The van der Waals surface area contributed by atoms with Gasteiger partial charge in [0.15, 0.2) is 0 Å². The first-order valence-corrected chi connectivity index (χ1v) is 10.9. The molecule has 172 valence electrons. The van der Waals surface area contributed by atoms with E-state index in [0.29, 0.717) is 23.6 Å². The Bertz CT molecular complexity index is 1230. The topological polar surface area (TPSA) is 109 Å². The number of carbonyl (C=O) groups is 3. The number of rotatable bonds is 8. The molecule has 0 spiro atoms. The third-order valence-corrected chi connectivity index (χ3v) is 4.86. The zero-order chi connectivity index (χ0) is 24.3. The van der Waals surface area contributed by atoms with Crippen molar-refractivity contribution < 1.29 is 19.1 Å². The molecule has 9 heteroatoms. The van der Waals surface area contributed by atoms with E-state index in [4.69, 9.17) is 4.74 Å². The minimum atomic E-state index is -0.988. The molecule has 3 aromatic rings. The molecule has 8 nitrogen and oxygen atoms in total. The largest absolute Gasteiger partial charge is 0.490 e. The van der Waals surface area contributed by atoms with Gasteiger partial charge in [-0.2, -0.15) is 5.10 Å². The molecule has 0 aliphatic heterocycles. The molecule has 0 heterocycles. The van der Waals surface area contributed by atoms with Crippen molar-refractivity contribution in [2.75, 3.05) is 17.2 Å². The van der Waals surface area contributed by atoms with E-state index in [2.05, 4.69) is 43.7 Å². The molecule has 0 saturated carbocycles. The van der Waals surface area contributed by atoms with Crippen molar-refractivity contribution in [3.63, 3.8) is 0 Å². The number of hydrogen-bond acceptors (Lipinski definition) is 5. The van der Waals surface area contributed by atoms with Gasteiger partial charge in [-0.05, 0) is 54.1 Å². The summed E-state index contributed by atoms with van der Waals surface area (Å²) in [6.07, 6.45) is 3.01. The molecule has 0 aromatic heterocycles. The summed E-state index contributed by atoms with van der Waals surface area (Å²) in [4.78, 5) is 37.2. The van der Waals surface area contributed by atoms with E-state index in [0.717, 1.165) is 4.47 Å². The van der Waals surface area contributed by atoms with Crippen LogP contribution in [0, 0.1) is 0 Å². The van der Waals surface area contributed by atoms with Crippen molar-refractivity contribution in [2.24, 2.45) is 5.10 Å². The third kappa shape index (κ3) is 7.14. The van der Waals surface area contributed by atoms with Crippen molar-refractivity contribution in [2.45, 2.75) is 0 Å². The maximum atomic E-state index is 12.7. The maximum absolute atomic E-state index is 12.7. The van der Waals surface area contributed by atoms with Gasteiger partial charge in [-0.3, -0.25) is 14.4 Å². The number of nitrogens with one attached hydrogen (secondary N) is 3. The van der Waals surface area contributed by atoms with Crippen molar-refractivity contribution >= 4 is 51.2 Å². The Kier molecular flexibility index (Phi) is 8.70. The van der Waals surface area contributed by atoms with Crippen molar-refractivity contribution in [1.29, 1.82) is 0 Å². The summed E-state index contributed by atoms with van der Waals surface area (Å²) < 4.78 is 6.31. The average molecular weight is 521 g/mol. The second-order valence-corrected chi connectivity index (χ2v) is 7.75. The highest BCUT2D eigenvalue weighted by Gasteiger charge is 2.17. The minimum Gasteiger partial charge on any atom is -0.490 e. The van der Waals surface area contributed by atoms with Gasteiger partial charge in [-0.25, -0.2) is 5.43 Å².